The van der Waals surface area contributed by atoms with Crippen LogP contribution in [0.3, 0.4) is 0 Å². The molecule has 2 aliphatic rings. The van der Waals surface area contributed by atoms with E-state index in [1.165, 1.54) is 19.9 Å². The van der Waals surface area contributed by atoms with Crippen LogP contribution in [0.1, 0.15) is 20.3 Å². The van der Waals surface area contributed by atoms with Gasteiger partial charge in [0.2, 0.25) is 5.91 Å². The Labute approximate surface area is 155 Å². The van der Waals surface area contributed by atoms with Gasteiger partial charge in [-0.25, -0.2) is 4.39 Å². The van der Waals surface area contributed by atoms with Gasteiger partial charge in [-0.15, -0.1) is 0 Å². The fraction of sp³-hybridized carbons (Fsp3) is 0.556. The average Bonchev–Trinajstić information content (AvgIpc) is 2.64. The van der Waals surface area contributed by atoms with Gasteiger partial charge in [0.1, 0.15) is 18.1 Å². The van der Waals surface area contributed by atoms with Crippen molar-refractivity contribution in [3.63, 3.8) is 0 Å². The molecule has 1 atom stereocenters. The van der Waals surface area contributed by atoms with Gasteiger partial charge < -0.3 is 10.6 Å². The summed E-state index contributed by atoms with van der Waals surface area (Å²) in [5.41, 5.74) is 3.80. The smallest absolute Gasteiger partial charge is 0.394 e. The number of nitrogens with two attached hydrogens (primary N) is 1. The number of rotatable bonds is 4. The molecular formula is C18H24F4N4O. The van der Waals surface area contributed by atoms with Gasteiger partial charge in [-0.05, 0) is 38.0 Å². The molecule has 1 aliphatic heterocycles. The summed E-state index contributed by atoms with van der Waals surface area (Å²) >= 11 is 0. The van der Waals surface area contributed by atoms with Gasteiger partial charge in [0, 0.05) is 37.9 Å². The molecule has 0 aromatic rings. The summed E-state index contributed by atoms with van der Waals surface area (Å²) in [6.07, 6.45) is 0.799. The number of hydrogen-bond donors (Lipinski definition) is 1. The van der Waals surface area contributed by atoms with Gasteiger partial charge >= 0.3 is 6.18 Å². The van der Waals surface area contributed by atoms with Crippen molar-refractivity contribution < 1.29 is 22.4 Å². The summed E-state index contributed by atoms with van der Waals surface area (Å²) in [7, 11) is 0. The summed E-state index contributed by atoms with van der Waals surface area (Å²) in [6, 6.07) is 0.125. The van der Waals surface area contributed by atoms with Crippen LogP contribution in [0.2, 0.25) is 0 Å². The lowest BCUT2D eigenvalue weighted by Crippen LogP contribution is -2.52. The lowest BCUT2D eigenvalue weighted by atomic mass is 10.1. The number of allylic oxidation sites excluding steroid dienone is 4. The molecular weight excluding hydrogens is 364 g/mol. The van der Waals surface area contributed by atoms with Gasteiger partial charge in [0.25, 0.3) is 0 Å². The minimum Gasteiger partial charge on any atom is -0.394 e. The van der Waals surface area contributed by atoms with Crippen molar-refractivity contribution in [1.29, 1.82) is 0 Å². The van der Waals surface area contributed by atoms with E-state index in [4.69, 9.17) is 5.73 Å². The maximum absolute atomic E-state index is 13.0. The second-order valence-electron chi connectivity index (χ2n) is 6.61. The molecule has 27 heavy (non-hydrogen) atoms. The molecule has 2 rings (SSSR count). The highest BCUT2D eigenvalue weighted by Gasteiger charge is 2.33. The molecule has 0 aromatic heterocycles. The molecule has 0 saturated carbocycles. The topological polar surface area (TPSA) is 61.9 Å². The highest BCUT2D eigenvalue weighted by Crippen LogP contribution is 2.24. The maximum atomic E-state index is 13.0. The van der Waals surface area contributed by atoms with Gasteiger partial charge in [-0.1, -0.05) is 6.08 Å². The SMILES string of the molecule is CC(=NCC(=O)N1CCN(C2C=CC(F)=CC2)CC1)C(C)=C(N)C(F)(F)F. The highest BCUT2D eigenvalue weighted by atomic mass is 19.4. The van der Waals surface area contributed by atoms with Crippen molar-refractivity contribution in [2.24, 2.45) is 10.7 Å². The van der Waals surface area contributed by atoms with E-state index in [1.807, 2.05) is 6.08 Å². The molecule has 1 amide bonds. The Bertz CT molecular complexity index is 686. The third-order valence-corrected chi connectivity index (χ3v) is 4.87. The Morgan fingerprint density at radius 3 is 2.41 bits per heavy atom. The summed E-state index contributed by atoms with van der Waals surface area (Å²) < 4.78 is 50.9. The number of nitrogens with zero attached hydrogens (tertiary/aromatic N) is 3. The number of carbonyl (C=O) groups excluding carboxylic acids is 1. The zero-order chi connectivity index (χ0) is 20.2. The van der Waals surface area contributed by atoms with Crippen LogP contribution in [0.5, 0.6) is 0 Å². The average molecular weight is 388 g/mol. The van der Waals surface area contributed by atoms with Crippen LogP contribution in [0.15, 0.2) is 40.3 Å². The van der Waals surface area contributed by atoms with Crippen LogP contribution in [-0.2, 0) is 4.79 Å². The van der Waals surface area contributed by atoms with Crippen LogP contribution in [0.4, 0.5) is 17.6 Å². The minimum atomic E-state index is -4.62. The predicted molar refractivity (Wildman–Crippen MR) is 95.8 cm³/mol. The van der Waals surface area contributed by atoms with Crippen molar-refractivity contribution in [2.45, 2.75) is 32.5 Å². The molecule has 1 fully saturated rings. The van der Waals surface area contributed by atoms with E-state index in [-0.39, 0.29) is 35.6 Å². The maximum Gasteiger partial charge on any atom is 0.431 e. The lowest BCUT2D eigenvalue weighted by molar-refractivity contribution is -0.131. The fourth-order valence-electron chi connectivity index (χ4n) is 2.97. The van der Waals surface area contributed by atoms with Crippen molar-refractivity contribution in [1.82, 2.24) is 9.80 Å². The monoisotopic (exact) mass is 388 g/mol. The van der Waals surface area contributed by atoms with Gasteiger partial charge in [0.15, 0.2) is 0 Å². The Hall–Kier alpha value is -2.16. The van der Waals surface area contributed by atoms with E-state index >= 15 is 0 Å². The molecule has 1 unspecified atom stereocenters. The Morgan fingerprint density at radius 1 is 1.26 bits per heavy atom. The molecule has 1 saturated heterocycles. The quantitative estimate of drug-likeness (QED) is 0.595. The number of amides is 1. The number of piperazine rings is 1. The van der Waals surface area contributed by atoms with Crippen LogP contribution in [-0.4, -0.2) is 66.4 Å². The molecule has 0 spiro atoms. The van der Waals surface area contributed by atoms with Crippen molar-refractivity contribution in [2.75, 3.05) is 32.7 Å². The highest BCUT2D eigenvalue weighted by molar-refractivity contribution is 5.99. The summed E-state index contributed by atoms with van der Waals surface area (Å²) in [6.45, 7) is 4.73. The molecule has 1 heterocycles. The van der Waals surface area contributed by atoms with E-state index in [2.05, 4.69) is 9.89 Å². The Kier molecular flexibility index (Phi) is 6.80. The van der Waals surface area contributed by atoms with Crippen molar-refractivity contribution in [3.8, 4) is 0 Å². The predicted octanol–water partition coefficient (Wildman–Crippen LogP) is 2.57. The number of hydrogen-bond acceptors (Lipinski definition) is 4. The largest absolute Gasteiger partial charge is 0.431 e. The van der Waals surface area contributed by atoms with Crippen LogP contribution >= 0.6 is 0 Å². The summed E-state index contributed by atoms with van der Waals surface area (Å²) in [5, 5.41) is 0. The number of halogens is 4. The molecule has 9 heteroatoms. The van der Waals surface area contributed by atoms with E-state index in [0.29, 0.717) is 32.6 Å². The van der Waals surface area contributed by atoms with Crippen molar-refractivity contribution in [3.05, 3.63) is 35.3 Å². The van der Waals surface area contributed by atoms with Crippen LogP contribution in [0, 0.1) is 0 Å². The first-order valence-electron chi connectivity index (χ1n) is 8.70. The van der Waals surface area contributed by atoms with Crippen LogP contribution in [0.25, 0.3) is 0 Å². The standard InChI is InChI=1S/C18H24F4N4O/c1-12(17(23)18(20,21)22)13(2)24-11-16(27)26-9-7-25(8-10-26)15-5-3-14(19)4-6-15/h3-5,15H,6-11,23H2,1-2H3. The second-order valence-corrected chi connectivity index (χ2v) is 6.61. The number of alkyl halides is 3. The Balaban J connectivity index is 1.87. The molecule has 5 nitrogen and oxygen atoms in total. The lowest BCUT2D eigenvalue weighted by Gasteiger charge is -2.38. The first-order chi connectivity index (χ1) is 12.6. The second kappa shape index (κ2) is 8.69. The summed E-state index contributed by atoms with van der Waals surface area (Å²) in [4.78, 5) is 20.1. The first-order valence-corrected chi connectivity index (χ1v) is 8.70. The van der Waals surface area contributed by atoms with Gasteiger partial charge in [-0.2, -0.15) is 13.2 Å². The first kappa shape index (κ1) is 21.1. The molecule has 0 bridgehead atoms. The van der Waals surface area contributed by atoms with E-state index in [9.17, 15) is 22.4 Å². The molecule has 150 valence electrons. The Morgan fingerprint density at radius 2 is 1.89 bits per heavy atom. The van der Waals surface area contributed by atoms with E-state index in [1.54, 1.807) is 11.0 Å². The zero-order valence-electron chi connectivity index (χ0n) is 15.4. The van der Waals surface area contributed by atoms with E-state index in [0.717, 1.165) is 0 Å². The number of aliphatic imine (C=N–C) groups is 1. The third kappa shape index (κ3) is 5.66. The molecule has 2 N–H and O–H groups in total. The number of carbonyl (C=O) groups is 1. The summed E-state index contributed by atoms with van der Waals surface area (Å²) in [5.74, 6) is -0.471. The normalized spacial score (nSPS) is 23.2. The molecule has 0 radical (unpaired) electrons. The van der Waals surface area contributed by atoms with Crippen LogP contribution < -0.4 is 5.73 Å². The fourth-order valence-corrected chi connectivity index (χ4v) is 2.97. The molecule has 0 aromatic carbocycles. The van der Waals surface area contributed by atoms with Gasteiger partial charge in [0.05, 0.1) is 0 Å². The van der Waals surface area contributed by atoms with Crippen molar-refractivity contribution >= 4 is 11.6 Å². The third-order valence-electron chi connectivity index (χ3n) is 4.87. The van der Waals surface area contributed by atoms with Gasteiger partial charge in [-0.3, -0.25) is 14.7 Å². The zero-order valence-corrected chi connectivity index (χ0v) is 15.4. The molecule has 1 aliphatic carbocycles. The van der Waals surface area contributed by atoms with E-state index < -0.39 is 11.9 Å². The minimum absolute atomic E-state index is 0.0953.